The lowest BCUT2D eigenvalue weighted by molar-refractivity contribution is -0.137. The summed E-state index contributed by atoms with van der Waals surface area (Å²) >= 11 is 5.94. The molecule has 0 aromatic heterocycles. The lowest BCUT2D eigenvalue weighted by Crippen LogP contribution is -2.33. The molecule has 0 bridgehead atoms. The highest BCUT2D eigenvalue weighted by molar-refractivity contribution is 6.30. The summed E-state index contributed by atoms with van der Waals surface area (Å²) in [5.41, 5.74) is -0.817. The summed E-state index contributed by atoms with van der Waals surface area (Å²) in [6, 6.07) is 7.84. The standard InChI is InChI=1S/C20H21ClF3NO3.C4H4O4/c1-26-18-10-15(21)5-7-17(18)28-19-9-14(20(22,23)24)4-6-16(19)27-12-13-3-2-8-25-11-13;5-3(6)1-2-4(7)8/h4-7,9-10,13,25H,2-3,8,11-12H2,1H3;1-2H,(H,5,6)(H,7,8)/b;2-1+/t13-;/m0./s1. The van der Waals surface area contributed by atoms with Gasteiger partial charge in [-0.15, -0.1) is 0 Å². The van der Waals surface area contributed by atoms with Crippen molar-refractivity contribution in [3.05, 3.63) is 59.1 Å². The van der Waals surface area contributed by atoms with Crippen molar-refractivity contribution in [2.45, 2.75) is 19.0 Å². The highest BCUT2D eigenvalue weighted by Gasteiger charge is 2.32. The van der Waals surface area contributed by atoms with Crippen LogP contribution < -0.4 is 19.5 Å². The molecule has 1 heterocycles. The zero-order chi connectivity index (χ0) is 26.7. The average molecular weight is 532 g/mol. The fraction of sp³-hybridized carbons (Fsp3) is 0.333. The van der Waals surface area contributed by atoms with Crippen LogP contribution in [-0.2, 0) is 15.8 Å². The number of benzene rings is 2. The SMILES string of the molecule is COc1cc(Cl)ccc1Oc1cc(C(F)(F)F)ccc1OC[C@H]1CCCNC1.O=C(O)/C=C/C(=O)O. The number of piperidine rings is 1. The molecular weight excluding hydrogens is 507 g/mol. The van der Waals surface area contributed by atoms with Crippen molar-refractivity contribution in [1.82, 2.24) is 5.32 Å². The number of carboxylic acid groups (broad SMARTS) is 2. The Morgan fingerprint density at radius 1 is 1.06 bits per heavy atom. The van der Waals surface area contributed by atoms with Crippen molar-refractivity contribution in [2.24, 2.45) is 5.92 Å². The molecule has 0 amide bonds. The van der Waals surface area contributed by atoms with E-state index in [2.05, 4.69) is 5.32 Å². The maximum absolute atomic E-state index is 13.2. The van der Waals surface area contributed by atoms with Gasteiger partial charge in [0.2, 0.25) is 0 Å². The normalized spacial score (nSPS) is 15.5. The summed E-state index contributed by atoms with van der Waals surface area (Å²) in [5.74, 6) is -1.44. The first-order valence-corrected chi connectivity index (χ1v) is 11.1. The number of rotatable bonds is 8. The van der Waals surface area contributed by atoms with E-state index in [9.17, 15) is 22.8 Å². The van der Waals surface area contributed by atoms with Gasteiger partial charge in [0.05, 0.1) is 19.3 Å². The Bertz CT molecular complexity index is 1050. The van der Waals surface area contributed by atoms with E-state index in [1.54, 1.807) is 6.07 Å². The molecule has 1 saturated heterocycles. The number of halogens is 4. The highest BCUT2D eigenvalue weighted by Crippen LogP contribution is 2.41. The smallest absolute Gasteiger partial charge is 0.416 e. The Hall–Kier alpha value is -3.44. The van der Waals surface area contributed by atoms with E-state index in [1.165, 1.54) is 25.3 Å². The number of ether oxygens (including phenoxy) is 3. The van der Waals surface area contributed by atoms with Crippen molar-refractivity contribution in [3.8, 4) is 23.0 Å². The number of aliphatic carboxylic acids is 2. The van der Waals surface area contributed by atoms with Gasteiger partial charge < -0.3 is 29.7 Å². The van der Waals surface area contributed by atoms with Gasteiger partial charge in [-0.1, -0.05) is 11.6 Å². The molecule has 1 aliphatic rings. The molecule has 2 aromatic rings. The third kappa shape index (κ3) is 9.67. The molecule has 1 aliphatic heterocycles. The number of alkyl halides is 3. The summed E-state index contributed by atoms with van der Waals surface area (Å²) in [5, 5.41) is 19.3. The van der Waals surface area contributed by atoms with Gasteiger partial charge in [0.15, 0.2) is 23.0 Å². The molecule has 3 N–H and O–H groups in total. The van der Waals surface area contributed by atoms with E-state index in [-0.39, 0.29) is 17.2 Å². The summed E-state index contributed by atoms with van der Waals surface area (Å²) in [6.07, 6.45) is -1.32. The van der Waals surface area contributed by atoms with E-state index < -0.39 is 23.7 Å². The fourth-order valence-corrected chi connectivity index (χ4v) is 3.31. The Morgan fingerprint density at radius 3 is 2.28 bits per heavy atom. The maximum atomic E-state index is 13.2. The van der Waals surface area contributed by atoms with E-state index in [1.807, 2.05) is 0 Å². The molecule has 1 atom stereocenters. The van der Waals surface area contributed by atoms with Gasteiger partial charge in [-0.05, 0) is 49.7 Å². The van der Waals surface area contributed by atoms with E-state index in [4.69, 9.17) is 36.0 Å². The summed E-state index contributed by atoms with van der Waals surface area (Å²) in [4.78, 5) is 19.1. The van der Waals surface area contributed by atoms with Gasteiger partial charge in [0.1, 0.15) is 0 Å². The quantitative estimate of drug-likeness (QED) is 0.396. The number of hydrogen-bond donors (Lipinski definition) is 3. The number of carboxylic acids is 2. The van der Waals surface area contributed by atoms with Crippen LogP contribution in [0.25, 0.3) is 0 Å². The lowest BCUT2D eigenvalue weighted by Gasteiger charge is -2.23. The Kier molecular flexibility index (Phi) is 10.9. The number of hydrogen-bond acceptors (Lipinski definition) is 6. The second kappa shape index (κ2) is 13.6. The van der Waals surface area contributed by atoms with Crippen LogP contribution in [0, 0.1) is 5.92 Å². The summed E-state index contributed by atoms with van der Waals surface area (Å²) in [7, 11) is 1.43. The summed E-state index contributed by atoms with van der Waals surface area (Å²) in [6.45, 7) is 2.19. The Morgan fingerprint density at radius 2 is 1.72 bits per heavy atom. The minimum atomic E-state index is -4.49. The molecule has 0 unspecified atom stereocenters. The Balaban J connectivity index is 0.000000493. The molecule has 0 aliphatic carbocycles. The van der Waals surface area contributed by atoms with Gasteiger partial charge in [-0.2, -0.15) is 13.2 Å². The minimum Gasteiger partial charge on any atom is -0.493 e. The van der Waals surface area contributed by atoms with Gasteiger partial charge in [-0.3, -0.25) is 0 Å². The van der Waals surface area contributed by atoms with Gasteiger partial charge in [0.25, 0.3) is 0 Å². The predicted octanol–water partition coefficient (Wildman–Crippen LogP) is 5.25. The monoisotopic (exact) mass is 531 g/mol. The van der Waals surface area contributed by atoms with E-state index >= 15 is 0 Å². The van der Waals surface area contributed by atoms with E-state index in [0.29, 0.717) is 35.4 Å². The van der Waals surface area contributed by atoms with Crippen LogP contribution in [0.4, 0.5) is 13.2 Å². The number of nitrogens with one attached hydrogen (secondary N) is 1. The van der Waals surface area contributed by atoms with Crippen LogP contribution in [0.3, 0.4) is 0 Å². The van der Waals surface area contributed by atoms with Crippen molar-refractivity contribution in [1.29, 1.82) is 0 Å². The third-order valence-corrected chi connectivity index (χ3v) is 5.09. The van der Waals surface area contributed by atoms with Crippen molar-refractivity contribution in [3.63, 3.8) is 0 Å². The first kappa shape index (κ1) is 28.8. The molecule has 36 heavy (non-hydrogen) atoms. The summed E-state index contributed by atoms with van der Waals surface area (Å²) < 4.78 is 56.3. The maximum Gasteiger partial charge on any atom is 0.416 e. The second-order valence-corrected chi connectivity index (χ2v) is 8.03. The molecule has 8 nitrogen and oxygen atoms in total. The molecule has 0 radical (unpaired) electrons. The van der Waals surface area contributed by atoms with Crippen LogP contribution in [0.15, 0.2) is 48.6 Å². The van der Waals surface area contributed by atoms with Crippen molar-refractivity contribution in [2.75, 3.05) is 26.8 Å². The second-order valence-electron chi connectivity index (χ2n) is 7.59. The van der Waals surface area contributed by atoms with Gasteiger partial charge >= 0.3 is 18.1 Å². The molecule has 0 spiro atoms. The molecule has 3 rings (SSSR count). The fourth-order valence-electron chi connectivity index (χ4n) is 3.14. The highest BCUT2D eigenvalue weighted by atomic mass is 35.5. The average Bonchev–Trinajstić information content (AvgIpc) is 2.83. The largest absolute Gasteiger partial charge is 0.493 e. The zero-order valence-corrected chi connectivity index (χ0v) is 19.9. The molecule has 1 fully saturated rings. The molecule has 0 saturated carbocycles. The van der Waals surface area contributed by atoms with E-state index in [0.717, 1.165) is 38.1 Å². The minimum absolute atomic E-state index is 0.0285. The number of methoxy groups -OCH3 is 1. The van der Waals surface area contributed by atoms with Crippen LogP contribution in [0.1, 0.15) is 18.4 Å². The first-order valence-electron chi connectivity index (χ1n) is 10.7. The van der Waals surface area contributed by atoms with Gasteiger partial charge in [0, 0.05) is 35.7 Å². The molecule has 2 aromatic carbocycles. The molecule has 12 heteroatoms. The molecule has 196 valence electrons. The van der Waals surface area contributed by atoms with Crippen molar-refractivity contribution < 1.29 is 47.2 Å². The van der Waals surface area contributed by atoms with Crippen LogP contribution in [0.5, 0.6) is 23.0 Å². The Labute approximate surface area is 210 Å². The molecular formula is C24H25ClF3NO7. The van der Waals surface area contributed by atoms with Gasteiger partial charge in [-0.25, -0.2) is 9.59 Å². The van der Waals surface area contributed by atoms with Crippen LogP contribution in [0.2, 0.25) is 5.02 Å². The topological polar surface area (TPSA) is 114 Å². The first-order chi connectivity index (χ1) is 17.0. The third-order valence-electron chi connectivity index (χ3n) is 4.86. The zero-order valence-electron chi connectivity index (χ0n) is 19.2. The number of carbonyl (C=O) groups is 2. The lowest BCUT2D eigenvalue weighted by atomic mass is 10.0. The van der Waals surface area contributed by atoms with Crippen molar-refractivity contribution >= 4 is 23.5 Å². The van der Waals surface area contributed by atoms with Crippen LogP contribution >= 0.6 is 11.6 Å². The predicted molar refractivity (Wildman–Crippen MR) is 125 cm³/mol. The van der Waals surface area contributed by atoms with Crippen LogP contribution in [-0.4, -0.2) is 49.0 Å².